The predicted molar refractivity (Wildman–Crippen MR) is 231 cm³/mol. The summed E-state index contributed by atoms with van der Waals surface area (Å²) < 4.78 is 8.89. The normalized spacial score (nSPS) is 12.6. The van der Waals surface area contributed by atoms with Crippen molar-refractivity contribution in [3.63, 3.8) is 0 Å². The number of allylic oxidation sites excluding steroid dienone is 1. The van der Waals surface area contributed by atoms with Gasteiger partial charge in [-0.1, -0.05) is 103 Å². The van der Waals surface area contributed by atoms with Crippen LogP contribution >= 0.6 is 0 Å². The van der Waals surface area contributed by atoms with Crippen LogP contribution in [0.1, 0.15) is 23.2 Å². The summed E-state index contributed by atoms with van der Waals surface area (Å²) in [4.78, 5) is 9.47. The fourth-order valence-electron chi connectivity index (χ4n) is 8.65. The van der Waals surface area contributed by atoms with Crippen LogP contribution in [0, 0.1) is 0 Å². The number of furan rings is 1. The van der Waals surface area contributed by atoms with Crippen LogP contribution in [0.3, 0.4) is 0 Å². The maximum atomic E-state index is 6.41. The molecule has 4 aromatic heterocycles. The number of hydrogen-bond acceptors (Lipinski definition) is 3. The van der Waals surface area contributed by atoms with Gasteiger partial charge in [0.05, 0.1) is 16.9 Å². The molecule has 4 heteroatoms. The van der Waals surface area contributed by atoms with E-state index in [9.17, 15) is 0 Å². The second-order valence-electron chi connectivity index (χ2n) is 14.5. The number of pyridine rings is 2. The molecule has 0 amide bonds. The average Bonchev–Trinajstić information content (AvgIpc) is 3.81. The zero-order valence-corrected chi connectivity index (χ0v) is 30.6. The Morgan fingerprint density at radius 2 is 1.05 bits per heavy atom. The molecular formula is C52H35N3O. The first kappa shape index (κ1) is 32.2. The molecule has 1 aliphatic rings. The minimum Gasteiger partial charge on any atom is -0.456 e. The largest absolute Gasteiger partial charge is 0.456 e. The lowest BCUT2D eigenvalue weighted by Gasteiger charge is -2.19. The summed E-state index contributed by atoms with van der Waals surface area (Å²) in [5.74, 6) is 0. The third-order valence-electron chi connectivity index (χ3n) is 11.3. The van der Waals surface area contributed by atoms with Crippen molar-refractivity contribution in [2.45, 2.75) is 12.8 Å². The van der Waals surface area contributed by atoms with Crippen LogP contribution in [-0.4, -0.2) is 14.5 Å². The number of rotatable bonds is 6. The fourth-order valence-corrected chi connectivity index (χ4v) is 8.65. The van der Waals surface area contributed by atoms with Gasteiger partial charge in [0, 0.05) is 56.6 Å². The zero-order chi connectivity index (χ0) is 37.0. The Morgan fingerprint density at radius 3 is 1.79 bits per heavy atom. The van der Waals surface area contributed by atoms with Gasteiger partial charge in [-0.3, -0.25) is 9.97 Å². The van der Waals surface area contributed by atoms with Crippen molar-refractivity contribution >= 4 is 44.5 Å². The van der Waals surface area contributed by atoms with E-state index in [-0.39, 0.29) is 0 Å². The molecule has 0 fully saturated rings. The molecule has 4 nitrogen and oxygen atoms in total. The van der Waals surface area contributed by atoms with E-state index in [1.165, 1.54) is 44.4 Å². The van der Waals surface area contributed by atoms with E-state index in [2.05, 4.69) is 168 Å². The average molecular weight is 718 g/mol. The van der Waals surface area contributed by atoms with Gasteiger partial charge in [0.25, 0.3) is 0 Å². The highest BCUT2D eigenvalue weighted by Crippen LogP contribution is 2.43. The van der Waals surface area contributed by atoms with Crippen molar-refractivity contribution in [1.82, 2.24) is 14.5 Å². The molecule has 4 heterocycles. The van der Waals surface area contributed by atoms with E-state index >= 15 is 0 Å². The van der Waals surface area contributed by atoms with Crippen molar-refractivity contribution in [3.05, 3.63) is 199 Å². The second kappa shape index (κ2) is 13.2. The monoisotopic (exact) mass is 717 g/mol. The SMILES string of the molecule is C1=C(c2ccccc2-c2ccccn2)CCc2c1c1cc(-c3ccccc3-c3ccccn3)ccc1n2-c1ccc2oc3ccc(-c4ccccc4)cc3c2c1. The van der Waals surface area contributed by atoms with Crippen molar-refractivity contribution in [1.29, 1.82) is 0 Å². The van der Waals surface area contributed by atoms with E-state index in [1.54, 1.807) is 0 Å². The molecule has 0 saturated heterocycles. The molecule has 11 rings (SSSR count). The lowest BCUT2D eigenvalue weighted by atomic mass is 9.87. The summed E-state index contributed by atoms with van der Waals surface area (Å²) in [7, 11) is 0. The van der Waals surface area contributed by atoms with Gasteiger partial charge >= 0.3 is 0 Å². The Hall–Kier alpha value is -7.30. The Balaban J connectivity index is 1.13. The van der Waals surface area contributed by atoms with E-state index < -0.39 is 0 Å². The van der Waals surface area contributed by atoms with Crippen LogP contribution in [0.5, 0.6) is 0 Å². The summed E-state index contributed by atoms with van der Waals surface area (Å²) in [5.41, 5.74) is 18.1. The first-order chi connectivity index (χ1) is 27.8. The number of fused-ring (bicyclic) bond motifs is 6. The second-order valence-corrected chi connectivity index (χ2v) is 14.5. The number of aromatic nitrogens is 3. The van der Waals surface area contributed by atoms with Crippen molar-refractivity contribution in [2.24, 2.45) is 0 Å². The zero-order valence-electron chi connectivity index (χ0n) is 30.6. The van der Waals surface area contributed by atoms with E-state index in [1.807, 2.05) is 24.5 Å². The van der Waals surface area contributed by atoms with Crippen LogP contribution in [0.4, 0.5) is 0 Å². The van der Waals surface area contributed by atoms with E-state index in [0.717, 1.165) is 74.1 Å². The lowest BCUT2D eigenvalue weighted by Crippen LogP contribution is -2.05. The van der Waals surface area contributed by atoms with Crippen molar-refractivity contribution in [3.8, 4) is 50.5 Å². The Morgan fingerprint density at radius 1 is 0.446 bits per heavy atom. The van der Waals surface area contributed by atoms with Crippen LogP contribution in [-0.2, 0) is 6.42 Å². The van der Waals surface area contributed by atoms with E-state index in [0.29, 0.717) is 0 Å². The molecule has 10 aromatic rings. The molecule has 6 aromatic carbocycles. The van der Waals surface area contributed by atoms with Gasteiger partial charge in [-0.25, -0.2) is 0 Å². The quantitative estimate of drug-likeness (QED) is 0.172. The summed E-state index contributed by atoms with van der Waals surface area (Å²) in [6, 6.07) is 60.2. The molecule has 0 unspecified atom stereocenters. The van der Waals surface area contributed by atoms with Gasteiger partial charge < -0.3 is 8.98 Å². The minimum absolute atomic E-state index is 0.890. The fraction of sp³-hybridized carbons (Fsp3) is 0.0385. The highest BCUT2D eigenvalue weighted by Gasteiger charge is 2.24. The molecule has 56 heavy (non-hydrogen) atoms. The Bertz CT molecular complexity index is 3120. The smallest absolute Gasteiger partial charge is 0.135 e. The third-order valence-corrected chi connectivity index (χ3v) is 11.3. The van der Waals surface area contributed by atoms with Gasteiger partial charge in [0.2, 0.25) is 0 Å². The molecule has 0 aliphatic heterocycles. The lowest BCUT2D eigenvalue weighted by molar-refractivity contribution is 0.669. The summed E-state index contributed by atoms with van der Waals surface area (Å²) in [6.07, 6.45) is 7.99. The summed E-state index contributed by atoms with van der Waals surface area (Å²) in [6.45, 7) is 0. The summed E-state index contributed by atoms with van der Waals surface area (Å²) in [5, 5.41) is 3.46. The van der Waals surface area contributed by atoms with Gasteiger partial charge in [-0.2, -0.15) is 0 Å². The molecule has 0 N–H and O–H groups in total. The molecule has 264 valence electrons. The van der Waals surface area contributed by atoms with Gasteiger partial charge in [-0.05, 0) is 119 Å². The van der Waals surface area contributed by atoms with E-state index in [4.69, 9.17) is 14.4 Å². The van der Waals surface area contributed by atoms with Gasteiger partial charge in [0.1, 0.15) is 11.2 Å². The molecule has 0 radical (unpaired) electrons. The number of hydrogen-bond donors (Lipinski definition) is 0. The number of nitrogens with zero attached hydrogens (tertiary/aromatic N) is 3. The molecule has 0 bridgehead atoms. The Labute approximate surface area is 324 Å². The Kier molecular flexibility index (Phi) is 7.59. The molecule has 0 saturated carbocycles. The molecule has 1 aliphatic carbocycles. The molecular weight excluding hydrogens is 683 g/mol. The molecule has 0 atom stereocenters. The third kappa shape index (κ3) is 5.38. The highest BCUT2D eigenvalue weighted by molar-refractivity contribution is 6.08. The van der Waals surface area contributed by atoms with Crippen LogP contribution in [0.15, 0.2) is 187 Å². The summed E-state index contributed by atoms with van der Waals surface area (Å²) >= 11 is 0. The van der Waals surface area contributed by atoms with Crippen molar-refractivity contribution < 1.29 is 4.42 Å². The molecule has 0 spiro atoms. The van der Waals surface area contributed by atoms with Gasteiger partial charge in [-0.15, -0.1) is 0 Å². The maximum Gasteiger partial charge on any atom is 0.135 e. The van der Waals surface area contributed by atoms with Crippen LogP contribution in [0.25, 0.3) is 94.9 Å². The van der Waals surface area contributed by atoms with Gasteiger partial charge in [0.15, 0.2) is 0 Å². The first-order valence-corrected chi connectivity index (χ1v) is 19.2. The topological polar surface area (TPSA) is 43.9 Å². The first-order valence-electron chi connectivity index (χ1n) is 19.2. The highest BCUT2D eigenvalue weighted by atomic mass is 16.3. The van der Waals surface area contributed by atoms with Crippen LogP contribution < -0.4 is 0 Å². The number of benzene rings is 6. The standard InChI is InChI=1S/C52H35N3O/c1-2-12-34(13-3-1)35-22-26-51-45(30-35)46-33-38(23-27-52(46)56-51)55-49-24-20-36(39-14-4-6-16-41(39)47-18-8-10-28-53-47)31-43(49)44-32-37(21-25-50(44)55)40-15-5-7-17-42(40)48-19-9-11-29-54-48/h1-20,22-24,26-33H,21,25H2. The predicted octanol–water partition coefficient (Wildman–Crippen LogP) is 13.5. The maximum absolute atomic E-state index is 6.41. The minimum atomic E-state index is 0.890. The van der Waals surface area contributed by atoms with Crippen LogP contribution in [0.2, 0.25) is 0 Å². The van der Waals surface area contributed by atoms with Crippen molar-refractivity contribution in [2.75, 3.05) is 0 Å².